The molecule has 0 radical (unpaired) electrons. The van der Waals surface area contributed by atoms with Gasteiger partial charge in [0.15, 0.2) is 0 Å². The largest absolute Gasteiger partial charge is 0.353 e. The lowest BCUT2D eigenvalue weighted by molar-refractivity contribution is 0.384. The standard InChI is InChI=1S/C21H24N4O2S/c1-15-7-8-18(13-17(15)3)28(26,27)25-11-9-24(10-12-25)21-20-16(2)5-4-6-19(20)22-14-23-21/h4-8,13-14H,9-12H2,1-3H3. The first-order chi connectivity index (χ1) is 13.4. The summed E-state index contributed by atoms with van der Waals surface area (Å²) in [5, 5.41) is 1.04. The SMILES string of the molecule is Cc1ccc(S(=O)(=O)N2CCN(c3ncnc4cccc(C)c34)CC2)cc1C. The van der Waals surface area contributed by atoms with Crippen LogP contribution in [0, 0.1) is 20.8 Å². The molecule has 0 N–H and O–H groups in total. The molecule has 28 heavy (non-hydrogen) atoms. The van der Waals surface area contributed by atoms with Gasteiger partial charge in [-0.3, -0.25) is 0 Å². The number of rotatable bonds is 3. The average Bonchev–Trinajstić information content (AvgIpc) is 2.70. The van der Waals surface area contributed by atoms with E-state index in [0.29, 0.717) is 31.1 Å². The number of fused-ring (bicyclic) bond motifs is 1. The number of nitrogens with zero attached hydrogens (tertiary/aromatic N) is 4. The van der Waals surface area contributed by atoms with Gasteiger partial charge in [-0.15, -0.1) is 0 Å². The molecule has 3 aromatic rings. The van der Waals surface area contributed by atoms with Crippen LogP contribution in [0.2, 0.25) is 0 Å². The van der Waals surface area contributed by atoms with Crippen molar-refractivity contribution in [1.82, 2.24) is 14.3 Å². The van der Waals surface area contributed by atoms with Crippen LogP contribution in [0.5, 0.6) is 0 Å². The zero-order chi connectivity index (χ0) is 19.9. The Morgan fingerprint density at radius 3 is 2.32 bits per heavy atom. The van der Waals surface area contributed by atoms with Crippen LogP contribution in [0.1, 0.15) is 16.7 Å². The zero-order valence-electron chi connectivity index (χ0n) is 16.4. The molecule has 0 bridgehead atoms. The van der Waals surface area contributed by atoms with Crippen molar-refractivity contribution < 1.29 is 8.42 Å². The highest BCUT2D eigenvalue weighted by molar-refractivity contribution is 7.89. The molecule has 1 saturated heterocycles. The van der Waals surface area contributed by atoms with Gasteiger partial charge in [0.1, 0.15) is 12.1 Å². The number of aryl methyl sites for hydroxylation is 3. The van der Waals surface area contributed by atoms with Crippen LogP contribution in [-0.4, -0.2) is 48.9 Å². The maximum atomic E-state index is 13.0. The highest BCUT2D eigenvalue weighted by Crippen LogP contribution is 2.28. The van der Waals surface area contributed by atoms with Gasteiger partial charge in [-0.1, -0.05) is 18.2 Å². The summed E-state index contributed by atoms with van der Waals surface area (Å²) in [6.45, 7) is 8.05. The third-order valence-corrected chi connectivity index (χ3v) is 7.40. The second kappa shape index (κ2) is 7.14. The predicted molar refractivity (Wildman–Crippen MR) is 111 cm³/mol. The van der Waals surface area contributed by atoms with E-state index in [-0.39, 0.29) is 0 Å². The van der Waals surface area contributed by atoms with Crippen molar-refractivity contribution in [2.45, 2.75) is 25.7 Å². The topological polar surface area (TPSA) is 66.4 Å². The van der Waals surface area contributed by atoms with Gasteiger partial charge in [0, 0.05) is 31.6 Å². The van der Waals surface area contributed by atoms with E-state index in [4.69, 9.17) is 0 Å². The number of anilines is 1. The van der Waals surface area contributed by atoms with E-state index in [0.717, 1.165) is 33.4 Å². The Labute approximate surface area is 165 Å². The lowest BCUT2D eigenvalue weighted by Crippen LogP contribution is -2.49. The Bertz CT molecular complexity index is 1130. The lowest BCUT2D eigenvalue weighted by Gasteiger charge is -2.35. The zero-order valence-corrected chi connectivity index (χ0v) is 17.2. The van der Waals surface area contributed by atoms with Gasteiger partial charge < -0.3 is 4.90 Å². The maximum Gasteiger partial charge on any atom is 0.243 e. The molecule has 0 atom stereocenters. The van der Waals surface area contributed by atoms with E-state index in [1.54, 1.807) is 22.8 Å². The minimum Gasteiger partial charge on any atom is -0.353 e. The van der Waals surface area contributed by atoms with E-state index in [1.165, 1.54) is 0 Å². The normalized spacial score (nSPS) is 15.9. The van der Waals surface area contributed by atoms with Gasteiger partial charge in [0.25, 0.3) is 0 Å². The third kappa shape index (κ3) is 3.25. The fourth-order valence-corrected chi connectivity index (χ4v) is 5.17. The van der Waals surface area contributed by atoms with Crippen LogP contribution in [0.3, 0.4) is 0 Å². The average molecular weight is 397 g/mol. The molecule has 0 spiro atoms. The highest BCUT2D eigenvalue weighted by Gasteiger charge is 2.29. The van der Waals surface area contributed by atoms with Crippen LogP contribution in [0.4, 0.5) is 5.82 Å². The molecule has 2 heterocycles. The number of aromatic nitrogens is 2. The molecule has 4 rings (SSSR count). The second-order valence-electron chi connectivity index (χ2n) is 7.30. The molecule has 1 aliphatic rings. The fraction of sp³-hybridized carbons (Fsp3) is 0.333. The third-order valence-electron chi connectivity index (χ3n) is 5.51. The quantitative estimate of drug-likeness (QED) is 0.681. The summed E-state index contributed by atoms with van der Waals surface area (Å²) in [7, 11) is -3.48. The molecule has 6 nitrogen and oxygen atoms in total. The first-order valence-corrected chi connectivity index (χ1v) is 10.8. The Hall–Kier alpha value is -2.51. The molecule has 1 fully saturated rings. The molecule has 1 aliphatic heterocycles. The summed E-state index contributed by atoms with van der Waals surface area (Å²) in [6.07, 6.45) is 1.58. The minimum atomic E-state index is -3.48. The van der Waals surface area contributed by atoms with E-state index in [9.17, 15) is 8.42 Å². The van der Waals surface area contributed by atoms with Crippen molar-refractivity contribution in [3.05, 3.63) is 59.4 Å². The van der Waals surface area contributed by atoms with Gasteiger partial charge in [-0.25, -0.2) is 18.4 Å². The van der Waals surface area contributed by atoms with E-state index in [2.05, 4.69) is 27.9 Å². The van der Waals surface area contributed by atoms with Gasteiger partial charge in [-0.05, 0) is 55.7 Å². The molecule has 0 aliphatic carbocycles. The van der Waals surface area contributed by atoms with Gasteiger partial charge in [0.2, 0.25) is 10.0 Å². The first kappa shape index (κ1) is 18.8. The van der Waals surface area contributed by atoms with Crippen LogP contribution < -0.4 is 4.90 Å². The van der Waals surface area contributed by atoms with Crippen LogP contribution in [-0.2, 0) is 10.0 Å². The van der Waals surface area contributed by atoms with Gasteiger partial charge in [0.05, 0.1) is 10.4 Å². The summed E-state index contributed by atoms with van der Waals surface area (Å²) in [5.41, 5.74) is 4.12. The number of piperazine rings is 1. The molecule has 0 saturated carbocycles. The Kier molecular flexibility index (Phi) is 4.81. The number of benzene rings is 2. The molecular formula is C21H24N4O2S. The van der Waals surface area contributed by atoms with Crippen molar-refractivity contribution in [3.63, 3.8) is 0 Å². The van der Waals surface area contributed by atoms with Crippen molar-refractivity contribution in [3.8, 4) is 0 Å². The minimum absolute atomic E-state index is 0.368. The Morgan fingerprint density at radius 2 is 1.61 bits per heavy atom. The molecule has 2 aromatic carbocycles. The maximum absolute atomic E-state index is 13.0. The second-order valence-corrected chi connectivity index (χ2v) is 9.24. The molecule has 7 heteroatoms. The molecule has 1 aromatic heterocycles. The first-order valence-electron chi connectivity index (χ1n) is 9.40. The molecule has 0 amide bonds. The number of hydrogen-bond donors (Lipinski definition) is 0. The summed E-state index contributed by atoms with van der Waals surface area (Å²) in [5.74, 6) is 0.881. The molecule has 0 unspecified atom stereocenters. The Morgan fingerprint density at radius 1 is 0.857 bits per heavy atom. The highest BCUT2D eigenvalue weighted by atomic mass is 32.2. The van der Waals surface area contributed by atoms with Crippen LogP contribution in [0.15, 0.2) is 47.6 Å². The summed E-state index contributed by atoms with van der Waals surface area (Å²) >= 11 is 0. The van der Waals surface area contributed by atoms with Gasteiger partial charge >= 0.3 is 0 Å². The molecule has 146 valence electrons. The van der Waals surface area contributed by atoms with Crippen molar-refractivity contribution >= 4 is 26.7 Å². The van der Waals surface area contributed by atoms with Crippen LogP contribution in [0.25, 0.3) is 10.9 Å². The Balaban J connectivity index is 1.58. The number of hydrogen-bond acceptors (Lipinski definition) is 5. The lowest BCUT2D eigenvalue weighted by atomic mass is 10.1. The van der Waals surface area contributed by atoms with Crippen LogP contribution >= 0.6 is 0 Å². The monoisotopic (exact) mass is 396 g/mol. The number of sulfonamides is 1. The fourth-order valence-electron chi connectivity index (χ4n) is 3.66. The smallest absolute Gasteiger partial charge is 0.243 e. The summed E-state index contributed by atoms with van der Waals surface area (Å²) in [6, 6.07) is 11.4. The van der Waals surface area contributed by atoms with E-state index < -0.39 is 10.0 Å². The molecular weight excluding hydrogens is 372 g/mol. The van der Waals surface area contributed by atoms with E-state index >= 15 is 0 Å². The van der Waals surface area contributed by atoms with E-state index in [1.807, 2.05) is 32.0 Å². The summed E-state index contributed by atoms with van der Waals surface area (Å²) in [4.78, 5) is 11.4. The van der Waals surface area contributed by atoms with Crippen molar-refractivity contribution in [1.29, 1.82) is 0 Å². The summed E-state index contributed by atoms with van der Waals surface area (Å²) < 4.78 is 27.7. The van der Waals surface area contributed by atoms with Crippen molar-refractivity contribution in [2.24, 2.45) is 0 Å². The van der Waals surface area contributed by atoms with Gasteiger partial charge in [-0.2, -0.15) is 4.31 Å². The van der Waals surface area contributed by atoms with Crippen molar-refractivity contribution in [2.75, 3.05) is 31.1 Å². The predicted octanol–water partition coefficient (Wildman–Crippen LogP) is 3.07.